The average molecular weight is 78.1 g/mol. The molecule has 0 amide bonds. The topological polar surface area (TPSA) is 20.2 Å². The number of rotatable bonds is 0. The van der Waals surface area contributed by atoms with Gasteiger partial charge >= 0.3 is 0 Å². The lowest BCUT2D eigenvalue weighted by Gasteiger charge is -1.79. The lowest BCUT2D eigenvalue weighted by Crippen LogP contribution is -1.79. The van der Waals surface area contributed by atoms with E-state index in [1.165, 1.54) is 0 Å². The first-order chi connectivity index (χ1) is 1.73. The Morgan fingerprint density at radius 3 is 2.00 bits per heavy atom. The molecular weight excluding hydrogens is 72.1 g/mol. The van der Waals surface area contributed by atoms with Gasteiger partial charge in [-0.15, -0.1) is 12.6 Å². The first-order valence-electron chi connectivity index (χ1n) is 1.09. The summed E-state index contributed by atoms with van der Waals surface area (Å²) in [5.41, 5.74) is -0.472. The van der Waals surface area contributed by atoms with Crippen LogP contribution in [0.15, 0.2) is 0 Å². The van der Waals surface area contributed by atoms with E-state index >= 15 is 0 Å². The highest BCUT2D eigenvalue weighted by Crippen LogP contribution is 1.78. The molecule has 0 saturated carbocycles. The van der Waals surface area contributed by atoms with E-state index in [0.717, 1.165) is 0 Å². The van der Waals surface area contributed by atoms with Crippen molar-refractivity contribution in [1.29, 1.82) is 0 Å². The third kappa shape index (κ3) is 41.3. The van der Waals surface area contributed by atoms with Gasteiger partial charge in [-0.3, -0.25) is 0 Å². The van der Waals surface area contributed by atoms with E-state index in [-0.39, 0.29) is 0 Å². The minimum atomic E-state index is -0.472. The van der Waals surface area contributed by atoms with Crippen LogP contribution in [0.5, 0.6) is 0 Å². The molecule has 0 unspecified atom stereocenters. The van der Waals surface area contributed by atoms with E-state index in [1.54, 1.807) is 6.92 Å². The fourth-order valence-corrected chi connectivity index (χ4v) is 0. The quantitative estimate of drug-likeness (QED) is 0.314. The maximum Gasteiger partial charge on any atom is 0.0936 e. The lowest BCUT2D eigenvalue weighted by molar-refractivity contribution is 0.286. The molecular formula is C2H6OS. The number of hydrogen-bond acceptors (Lipinski definition) is 2. The molecule has 1 N–H and O–H groups in total. The van der Waals surface area contributed by atoms with Gasteiger partial charge in [-0.1, -0.05) is 0 Å². The van der Waals surface area contributed by atoms with Crippen molar-refractivity contribution in [2.24, 2.45) is 0 Å². The highest BCUT2D eigenvalue weighted by atomic mass is 32.1. The number of hydrogen-bond donors (Lipinski definition) is 2. The van der Waals surface area contributed by atoms with Crippen molar-refractivity contribution in [3.05, 3.63) is 0 Å². The van der Waals surface area contributed by atoms with Crippen molar-refractivity contribution in [3.8, 4) is 0 Å². The number of aliphatic hydroxyl groups excluding tert-OH is 1. The fraction of sp³-hybridized carbons (Fsp3) is 1.00. The van der Waals surface area contributed by atoms with Gasteiger partial charge < -0.3 is 5.11 Å². The third-order valence-corrected chi connectivity index (χ3v) is 0. The van der Waals surface area contributed by atoms with Crippen LogP contribution >= 0.6 is 12.6 Å². The van der Waals surface area contributed by atoms with Crippen LogP contribution in [0.25, 0.3) is 0 Å². The Morgan fingerprint density at radius 1 is 2.00 bits per heavy atom. The second kappa shape index (κ2) is 1.61. The average Bonchev–Trinajstić information content (AvgIpc) is 0.811. The van der Waals surface area contributed by atoms with Crippen molar-refractivity contribution < 1.29 is 5.11 Å². The summed E-state index contributed by atoms with van der Waals surface area (Å²) in [5, 5.41) is 7.92. The van der Waals surface area contributed by atoms with Gasteiger partial charge in [-0.25, -0.2) is 0 Å². The van der Waals surface area contributed by atoms with Crippen LogP contribution in [0.1, 0.15) is 6.92 Å². The Balaban J connectivity index is 2.32. The minimum Gasteiger partial charge on any atom is -0.383 e. The van der Waals surface area contributed by atoms with Crippen LogP contribution in [0, 0.1) is 0 Å². The van der Waals surface area contributed by atoms with Gasteiger partial charge in [0.15, 0.2) is 0 Å². The summed E-state index contributed by atoms with van der Waals surface area (Å²) in [4.78, 5) is 0. The molecule has 0 aromatic heterocycles. The molecule has 0 radical (unpaired) electrons. The van der Waals surface area contributed by atoms with Crippen molar-refractivity contribution in [2.75, 3.05) is 0 Å². The maximum absolute atomic E-state index is 7.92. The Kier molecular flexibility index (Phi) is 1.74. The predicted octanol–water partition coefficient (Wildman–Crippen LogP) is 0.255. The normalized spacial score (nSPS) is 15.8. The van der Waals surface area contributed by atoms with E-state index in [4.69, 9.17) is 5.11 Å². The molecule has 4 heavy (non-hydrogen) atoms. The second-order valence-corrected chi connectivity index (χ2v) is 1.38. The van der Waals surface area contributed by atoms with Gasteiger partial charge in [0.2, 0.25) is 0 Å². The van der Waals surface area contributed by atoms with E-state index in [2.05, 4.69) is 12.6 Å². The zero-order chi connectivity index (χ0) is 3.58. The predicted molar refractivity (Wildman–Crippen MR) is 20.7 cm³/mol. The van der Waals surface area contributed by atoms with E-state index < -0.39 is 5.44 Å². The molecule has 0 aliphatic heterocycles. The summed E-state index contributed by atoms with van der Waals surface area (Å²) < 4.78 is 0. The standard InChI is InChI=1S/C2H6OS/c1-2(3)4/h2-4H,1H3/t2-/m0/s1. The summed E-state index contributed by atoms with van der Waals surface area (Å²) in [5.74, 6) is 0. The van der Waals surface area contributed by atoms with E-state index in [9.17, 15) is 0 Å². The largest absolute Gasteiger partial charge is 0.383 e. The van der Waals surface area contributed by atoms with Crippen LogP contribution in [0.2, 0.25) is 0 Å². The summed E-state index contributed by atoms with van der Waals surface area (Å²) in [6, 6.07) is 0. The van der Waals surface area contributed by atoms with Crippen LogP contribution in [0.4, 0.5) is 0 Å². The second-order valence-electron chi connectivity index (χ2n) is 0.632. The van der Waals surface area contributed by atoms with Crippen molar-refractivity contribution in [2.45, 2.75) is 12.4 Å². The van der Waals surface area contributed by atoms with Gasteiger partial charge in [-0.05, 0) is 6.92 Å². The molecule has 1 atom stereocenters. The first kappa shape index (κ1) is 4.31. The molecule has 0 aliphatic rings. The Morgan fingerprint density at radius 2 is 2.00 bits per heavy atom. The molecule has 2 heteroatoms. The molecule has 1 nitrogen and oxygen atoms in total. The molecule has 0 aromatic carbocycles. The molecule has 0 rings (SSSR count). The molecule has 0 spiro atoms. The van der Waals surface area contributed by atoms with Gasteiger partial charge in [0.05, 0.1) is 5.44 Å². The van der Waals surface area contributed by atoms with Crippen LogP contribution < -0.4 is 0 Å². The molecule has 0 fully saturated rings. The highest BCUT2D eigenvalue weighted by molar-refractivity contribution is 7.80. The summed E-state index contributed by atoms with van der Waals surface area (Å²) in [6.07, 6.45) is 0. The zero-order valence-electron chi connectivity index (χ0n) is 2.47. The fourth-order valence-electron chi connectivity index (χ4n) is 0. The first-order valence-corrected chi connectivity index (χ1v) is 1.61. The summed E-state index contributed by atoms with van der Waals surface area (Å²) in [7, 11) is 0. The van der Waals surface area contributed by atoms with Gasteiger partial charge in [0, 0.05) is 0 Å². The number of aliphatic hydroxyl groups is 1. The Labute approximate surface area is 31.1 Å². The van der Waals surface area contributed by atoms with Crippen molar-refractivity contribution >= 4 is 12.6 Å². The SMILES string of the molecule is C[C@@H](O)S. The van der Waals surface area contributed by atoms with Crippen LogP contribution in [-0.2, 0) is 0 Å². The van der Waals surface area contributed by atoms with Gasteiger partial charge in [-0.2, -0.15) is 0 Å². The zero-order valence-corrected chi connectivity index (χ0v) is 3.37. The van der Waals surface area contributed by atoms with Gasteiger partial charge in [0.25, 0.3) is 0 Å². The maximum atomic E-state index is 7.92. The molecule has 26 valence electrons. The highest BCUT2D eigenvalue weighted by Gasteiger charge is 1.70. The van der Waals surface area contributed by atoms with Crippen molar-refractivity contribution in [3.63, 3.8) is 0 Å². The van der Waals surface area contributed by atoms with Gasteiger partial charge in [0.1, 0.15) is 0 Å². The molecule has 0 aromatic rings. The number of thiol groups is 1. The van der Waals surface area contributed by atoms with Crippen LogP contribution in [-0.4, -0.2) is 10.5 Å². The molecule has 0 saturated heterocycles. The molecule has 0 bridgehead atoms. The Bertz CT molecular complexity index is 10.8. The van der Waals surface area contributed by atoms with Crippen LogP contribution in [0.3, 0.4) is 0 Å². The molecule has 0 aliphatic carbocycles. The third-order valence-electron chi connectivity index (χ3n) is 0. The monoisotopic (exact) mass is 78.0 g/mol. The summed E-state index contributed by atoms with van der Waals surface area (Å²) in [6.45, 7) is 1.59. The Hall–Kier alpha value is 0.310. The molecule has 0 heterocycles. The smallest absolute Gasteiger partial charge is 0.0936 e. The lowest BCUT2D eigenvalue weighted by atomic mass is 10.9. The van der Waals surface area contributed by atoms with Crippen molar-refractivity contribution in [1.82, 2.24) is 0 Å². The van der Waals surface area contributed by atoms with E-state index in [0.29, 0.717) is 0 Å². The summed E-state index contributed by atoms with van der Waals surface area (Å²) >= 11 is 3.52. The van der Waals surface area contributed by atoms with E-state index in [1.807, 2.05) is 0 Å². The minimum absolute atomic E-state index is 0.472.